The Kier molecular flexibility index (Phi) is 8.03. The summed E-state index contributed by atoms with van der Waals surface area (Å²) in [5.74, 6) is -0.515. The van der Waals surface area contributed by atoms with Crippen LogP contribution >= 0.6 is 0 Å². The van der Waals surface area contributed by atoms with E-state index in [2.05, 4.69) is 10.6 Å². The van der Waals surface area contributed by atoms with Crippen LogP contribution in [0.15, 0.2) is 18.2 Å². The summed E-state index contributed by atoms with van der Waals surface area (Å²) in [5, 5.41) is 5.47. The highest BCUT2D eigenvalue weighted by molar-refractivity contribution is 5.90. The number of benzene rings is 1. The number of nitrogens with zero attached hydrogens (tertiary/aromatic N) is 1. The van der Waals surface area contributed by atoms with E-state index < -0.39 is 0 Å². The first-order valence-electron chi connectivity index (χ1n) is 9.59. The van der Waals surface area contributed by atoms with Crippen molar-refractivity contribution in [2.75, 3.05) is 29.9 Å². The number of rotatable bonds is 8. The van der Waals surface area contributed by atoms with Gasteiger partial charge >= 0.3 is 0 Å². The summed E-state index contributed by atoms with van der Waals surface area (Å²) in [7, 11) is 0. The van der Waals surface area contributed by atoms with E-state index in [0.717, 1.165) is 19.3 Å². The van der Waals surface area contributed by atoms with Gasteiger partial charge in [0, 0.05) is 38.7 Å². The third-order valence-corrected chi connectivity index (χ3v) is 4.45. The Balaban J connectivity index is 1.79. The molecular formula is C20H30FN3O3. The molecule has 0 radical (unpaired) electrons. The number of carbonyl (C=O) groups excluding carboxylic acids is 2. The Hall–Kier alpha value is -2.15. The molecule has 0 spiro atoms. The molecule has 2 amide bonds. The Bertz CT molecular complexity index is 643. The Labute approximate surface area is 160 Å². The second kappa shape index (κ2) is 10.3. The summed E-state index contributed by atoms with van der Waals surface area (Å²) in [6, 6.07) is 4.82. The zero-order chi connectivity index (χ0) is 19.8. The fourth-order valence-electron chi connectivity index (χ4n) is 3.29. The van der Waals surface area contributed by atoms with Crippen LogP contribution in [0.1, 0.15) is 46.5 Å². The summed E-state index contributed by atoms with van der Waals surface area (Å²) >= 11 is 0. The fourth-order valence-corrected chi connectivity index (χ4v) is 3.29. The maximum atomic E-state index is 14.5. The molecule has 7 heteroatoms. The minimum Gasteiger partial charge on any atom is -0.372 e. The molecule has 2 atom stereocenters. The zero-order valence-corrected chi connectivity index (χ0v) is 16.4. The highest BCUT2D eigenvalue weighted by Crippen LogP contribution is 2.26. The SMILES string of the molecule is CC(=O)NCCCCCC(=O)Nc1ccc(N2C[C@H](C)O[C@@H](C)C2)c(F)c1. The summed E-state index contributed by atoms with van der Waals surface area (Å²) in [6.07, 6.45) is 2.91. The molecule has 1 aromatic carbocycles. The molecule has 1 heterocycles. The lowest BCUT2D eigenvalue weighted by Crippen LogP contribution is -2.45. The number of carbonyl (C=O) groups is 2. The van der Waals surface area contributed by atoms with Crippen LogP contribution in [0, 0.1) is 5.82 Å². The number of anilines is 2. The number of unbranched alkanes of at least 4 members (excludes halogenated alkanes) is 2. The highest BCUT2D eigenvalue weighted by atomic mass is 19.1. The van der Waals surface area contributed by atoms with Gasteiger partial charge in [0.1, 0.15) is 5.82 Å². The average Bonchev–Trinajstić information content (AvgIpc) is 2.57. The van der Waals surface area contributed by atoms with Gasteiger partial charge in [-0.25, -0.2) is 4.39 Å². The molecule has 1 aliphatic rings. The number of amides is 2. The van der Waals surface area contributed by atoms with Crippen LogP contribution in [0.3, 0.4) is 0 Å². The molecule has 0 bridgehead atoms. The van der Waals surface area contributed by atoms with Gasteiger partial charge in [0.05, 0.1) is 17.9 Å². The maximum absolute atomic E-state index is 14.5. The van der Waals surface area contributed by atoms with Crippen molar-refractivity contribution in [1.29, 1.82) is 0 Å². The van der Waals surface area contributed by atoms with Crippen LogP contribution in [0.2, 0.25) is 0 Å². The first-order valence-corrected chi connectivity index (χ1v) is 9.59. The molecule has 1 saturated heterocycles. The van der Waals surface area contributed by atoms with E-state index in [1.165, 1.54) is 13.0 Å². The minimum atomic E-state index is -0.343. The van der Waals surface area contributed by atoms with Crippen LogP contribution in [0.5, 0.6) is 0 Å². The molecule has 0 aromatic heterocycles. The quantitative estimate of drug-likeness (QED) is 0.681. The molecule has 1 aromatic rings. The maximum Gasteiger partial charge on any atom is 0.224 e. The zero-order valence-electron chi connectivity index (χ0n) is 16.4. The Morgan fingerprint density at radius 1 is 1.19 bits per heavy atom. The van der Waals surface area contributed by atoms with Gasteiger partial charge in [-0.3, -0.25) is 9.59 Å². The van der Waals surface area contributed by atoms with Crippen molar-refractivity contribution in [2.24, 2.45) is 0 Å². The number of hydrogen-bond donors (Lipinski definition) is 2. The van der Waals surface area contributed by atoms with E-state index in [1.54, 1.807) is 12.1 Å². The second-order valence-corrected chi connectivity index (χ2v) is 7.17. The van der Waals surface area contributed by atoms with Crippen LogP contribution in [0.25, 0.3) is 0 Å². The van der Waals surface area contributed by atoms with Crippen molar-refractivity contribution in [3.05, 3.63) is 24.0 Å². The van der Waals surface area contributed by atoms with Gasteiger partial charge in [0.2, 0.25) is 11.8 Å². The molecule has 6 nitrogen and oxygen atoms in total. The topological polar surface area (TPSA) is 70.7 Å². The van der Waals surface area contributed by atoms with E-state index in [0.29, 0.717) is 37.4 Å². The van der Waals surface area contributed by atoms with E-state index in [1.807, 2.05) is 18.7 Å². The van der Waals surface area contributed by atoms with Gasteiger partial charge in [-0.15, -0.1) is 0 Å². The van der Waals surface area contributed by atoms with Crippen molar-refractivity contribution in [1.82, 2.24) is 5.32 Å². The minimum absolute atomic E-state index is 0.0424. The second-order valence-electron chi connectivity index (χ2n) is 7.17. The molecular weight excluding hydrogens is 349 g/mol. The number of halogens is 1. The van der Waals surface area contributed by atoms with E-state index in [9.17, 15) is 14.0 Å². The van der Waals surface area contributed by atoms with Crippen LogP contribution < -0.4 is 15.5 Å². The molecule has 2 rings (SSSR count). The smallest absolute Gasteiger partial charge is 0.224 e. The molecule has 2 N–H and O–H groups in total. The van der Waals surface area contributed by atoms with Gasteiger partial charge in [0.25, 0.3) is 0 Å². The fraction of sp³-hybridized carbons (Fsp3) is 0.600. The lowest BCUT2D eigenvalue weighted by molar-refractivity contribution is -0.119. The summed E-state index contributed by atoms with van der Waals surface area (Å²) in [4.78, 5) is 24.7. The summed E-state index contributed by atoms with van der Waals surface area (Å²) in [6.45, 7) is 7.36. The van der Waals surface area contributed by atoms with E-state index in [4.69, 9.17) is 4.74 Å². The molecule has 150 valence electrons. The lowest BCUT2D eigenvalue weighted by atomic mass is 10.1. The van der Waals surface area contributed by atoms with Gasteiger partial charge < -0.3 is 20.3 Å². The molecule has 0 saturated carbocycles. The largest absolute Gasteiger partial charge is 0.372 e. The van der Waals surface area contributed by atoms with Crippen molar-refractivity contribution >= 4 is 23.2 Å². The van der Waals surface area contributed by atoms with Crippen molar-refractivity contribution in [2.45, 2.75) is 58.7 Å². The third-order valence-electron chi connectivity index (χ3n) is 4.45. The van der Waals surface area contributed by atoms with E-state index in [-0.39, 0.29) is 29.8 Å². The number of ether oxygens (including phenoxy) is 1. The lowest BCUT2D eigenvalue weighted by Gasteiger charge is -2.37. The van der Waals surface area contributed by atoms with Gasteiger partial charge in [-0.2, -0.15) is 0 Å². The Morgan fingerprint density at radius 2 is 1.89 bits per heavy atom. The van der Waals surface area contributed by atoms with Gasteiger partial charge in [0.15, 0.2) is 0 Å². The van der Waals surface area contributed by atoms with Crippen LogP contribution in [0.4, 0.5) is 15.8 Å². The van der Waals surface area contributed by atoms with Crippen LogP contribution in [-0.2, 0) is 14.3 Å². The summed E-state index contributed by atoms with van der Waals surface area (Å²) in [5.41, 5.74) is 1.00. The van der Waals surface area contributed by atoms with Crippen molar-refractivity contribution in [3.8, 4) is 0 Å². The average molecular weight is 379 g/mol. The predicted molar refractivity (Wildman–Crippen MR) is 104 cm³/mol. The van der Waals surface area contributed by atoms with Crippen LogP contribution in [-0.4, -0.2) is 43.7 Å². The van der Waals surface area contributed by atoms with Crippen molar-refractivity contribution in [3.63, 3.8) is 0 Å². The number of hydrogen-bond acceptors (Lipinski definition) is 4. The number of nitrogens with one attached hydrogen (secondary N) is 2. The number of morpholine rings is 1. The molecule has 0 unspecified atom stereocenters. The normalized spacial score (nSPS) is 19.6. The van der Waals surface area contributed by atoms with Gasteiger partial charge in [-0.1, -0.05) is 6.42 Å². The first kappa shape index (κ1) is 21.2. The van der Waals surface area contributed by atoms with Gasteiger partial charge in [-0.05, 0) is 44.9 Å². The van der Waals surface area contributed by atoms with Crippen molar-refractivity contribution < 1.29 is 18.7 Å². The summed E-state index contributed by atoms with van der Waals surface area (Å²) < 4.78 is 20.2. The van der Waals surface area contributed by atoms with E-state index >= 15 is 0 Å². The Morgan fingerprint density at radius 3 is 2.52 bits per heavy atom. The predicted octanol–water partition coefficient (Wildman–Crippen LogP) is 3.07. The first-order chi connectivity index (χ1) is 12.8. The molecule has 27 heavy (non-hydrogen) atoms. The molecule has 1 fully saturated rings. The monoisotopic (exact) mass is 379 g/mol. The third kappa shape index (κ3) is 7.17. The standard InChI is InChI=1S/C20H30FN3O3/c1-14-12-24(13-15(2)27-14)19-9-8-17(11-18(19)21)23-20(26)7-5-4-6-10-22-16(3)25/h8-9,11,14-15H,4-7,10,12-13H2,1-3H3,(H,22,25)(H,23,26)/t14-,15-/m0/s1. The highest BCUT2D eigenvalue weighted by Gasteiger charge is 2.24. The molecule has 0 aliphatic carbocycles. The molecule has 1 aliphatic heterocycles.